The molecule has 2 atom stereocenters. The minimum absolute atomic E-state index is 0.344. The van der Waals surface area contributed by atoms with E-state index in [1.165, 1.54) is 5.56 Å². The average Bonchev–Trinajstić information content (AvgIpc) is 2.99. The van der Waals surface area contributed by atoms with Crippen LogP contribution < -0.4 is 5.32 Å². The highest BCUT2D eigenvalue weighted by Crippen LogP contribution is 2.20. The summed E-state index contributed by atoms with van der Waals surface area (Å²) in [5, 5.41) is 13.7. The molecule has 0 fully saturated rings. The molecule has 0 radical (unpaired) electrons. The zero-order valence-electron chi connectivity index (χ0n) is 12.2. The van der Waals surface area contributed by atoms with Gasteiger partial charge in [-0.3, -0.25) is 0 Å². The maximum Gasteiger partial charge on any atom is 0.136 e. The highest BCUT2D eigenvalue weighted by Gasteiger charge is 2.26. The van der Waals surface area contributed by atoms with E-state index in [9.17, 15) is 5.11 Å². The summed E-state index contributed by atoms with van der Waals surface area (Å²) in [6.07, 6.45) is 3.67. The SMILES string of the molecule is CC(CCc1ccccc1)NCC(C)(O)c1ccco1. The molecule has 2 aromatic rings. The van der Waals surface area contributed by atoms with Crippen molar-refractivity contribution >= 4 is 0 Å². The molecule has 2 unspecified atom stereocenters. The third-order valence-corrected chi connectivity index (χ3v) is 3.56. The molecule has 0 saturated heterocycles. The lowest BCUT2D eigenvalue weighted by Crippen LogP contribution is -2.39. The summed E-state index contributed by atoms with van der Waals surface area (Å²) in [7, 11) is 0. The summed E-state index contributed by atoms with van der Waals surface area (Å²) in [5.41, 5.74) is 0.378. The van der Waals surface area contributed by atoms with Gasteiger partial charge in [0.25, 0.3) is 0 Å². The Balaban J connectivity index is 1.76. The molecule has 3 heteroatoms. The number of rotatable bonds is 7. The fourth-order valence-electron chi connectivity index (χ4n) is 2.18. The average molecular weight is 273 g/mol. The number of hydrogen-bond acceptors (Lipinski definition) is 3. The molecule has 1 heterocycles. The van der Waals surface area contributed by atoms with Gasteiger partial charge in [-0.1, -0.05) is 30.3 Å². The van der Waals surface area contributed by atoms with Crippen LogP contribution in [-0.2, 0) is 12.0 Å². The van der Waals surface area contributed by atoms with E-state index in [0.717, 1.165) is 12.8 Å². The molecule has 0 amide bonds. The standard InChI is InChI=1S/C17H23NO2/c1-14(10-11-15-7-4-3-5-8-15)18-13-17(2,19)16-9-6-12-20-16/h3-9,12,14,18-19H,10-11,13H2,1-2H3. The summed E-state index contributed by atoms with van der Waals surface area (Å²) in [4.78, 5) is 0. The Bertz CT molecular complexity index is 491. The molecule has 0 spiro atoms. The third kappa shape index (κ3) is 4.22. The molecular formula is C17H23NO2. The van der Waals surface area contributed by atoms with E-state index in [2.05, 4.69) is 36.5 Å². The first-order valence-corrected chi connectivity index (χ1v) is 7.11. The van der Waals surface area contributed by atoms with Crippen LogP contribution in [-0.4, -0.2) is 17.7 Å². The first kappa shape index (κ1) is 14.8. The van der Waals surface area contributed by atoms with Crippen LogP contribution in [0.4, 0.5) is 0 Å². The Morgan fingerprint density at radius 3 is 2.60 bits per heavy atom. The minimum Gasteiger partial charge on any atom is -0.466 e. The molecule has 2 N–H and O–H groups in total. The molecule has 1 aromatic heterocycles. The monoisotopic (exact) mass is 273 g/mol. The van der Waals surface area contributed by atoms with Gasteiger partial charge < -0.3 is 14.8 Å². The van der Waals surface area contributed by atoms with E-state index >= 15 is 0 Å². The zero-order chi connectivity index (χ0) is 14.4. The Labute approximate surface area is 120 Å². The van der Waals surface area contributed by atoms with E-state index in [-0.39, 0.29) is 0 Å². The van der Waals surface area contributed by atoms with Gasteiger partial charge in [-0.15, -0.1) is 0 Å². The first-order chi connectivity index (χ1) is 9.58. The van der Waals surface area contributed by atoms with Crippen molar-refractivity contribution in [3.05, 3.63) is 60.1 Å². The summed E-state index contributed by atoms with van der Waals surface area (Å²) < 4.78 is 5.27. The van der Waals surface area contributed by atoms with Crippen molar-refractivity contribution in [3.63, 3.8) is 0 Å². The van der Waals surface area contributed by atoms with Crippen molar-refractivity contribution in [2.75, 3.05) is 6.54 Å². The van der Waals surface area contributed by atoms with Gasteiger partial charge in [-0.25, -0.2) is 0 Å². The van der Waals surface area contributed by atoms with Crippen LogP contribution in [0.25, 0.3) is 0 Å². The maximum absolute atomic E-state index is 10.4. The van der Waals surface area contributed by atoms with Gasteiger partial charge in [0.1, 0.15) is 11.4 Å². The van der Waals surface area contributed by atoms with Crippen molar-refractivity contribution in [2.24, 2.45) is 0 Å². The van der Waals surface area contributed by atoms with Crippen LogP contribution in [0.2, 0.25) is 0 Å². The highest BCUT2D eigenvalue weighted by molar-refractivity contribution is 5.14. The number of nitrogens with one attached hydrogen (secondary N) is 1. The molecule has 20 heavy (non-hydrogen) atoms. The molecule has 0 aliphatic carbocycles. The lowest BCUT2D eigenvalue weighted by molar-refractivity contribution is 0.0318. The van der Waals surface area contributed by atoms with Crippen molar-refractivity contribution in [3.8, 4) is 0 Å². The van der Waals surface area contributed by atoms with Crippen LogP contribution >= 0.6 is 0 Å². The lowest BCUT2D eigenvalue weighted by atomic mass is 10.0. The maximum atomic E-state index is 10.4. The van der Waals surface area contributed by atoms with Crippen LogP contribution in [0.15, 0.2) is 53.1 Å². The molecule has 3 nitrogen and oxygen atoms in total. The second-order valence-corrected chi connectivity index (χ2v) is 5.56. The summed E-state index contributed by atoms with van der Waals surface area (Å²) >= 11 is 0. The predicted octanol–water partition coefficient (Wildman–Crippen LogP) is 3.10. The van der Waals surface area contributed by atoms with Gasteiger partial charge in [-0.05, 0) is 44.4 Å². The number of hydrogen-bond donors (Lipinski definition) is 2. The van der Waals surface area contributed by atoms with Gasteiger partial charge in [0.2, 0.25) is 0 Å². The topological polar surface area (TPSA) is 45.4 Å². The molecule has 0 saturated carbocycles. The number of aliphatic hydroxyl groups is 1. The summed E-state index contributed by atoms with van der Waals surface area (Å²) in [5.74, 6) is 0.597. The van der Waals surface area contributed by atoms with Gasteiger partial charge in [0, 0.05) is 12.6 Å². The number of benzene rings is 1. The zero-order valence-corrected chi connectivity index (χ0v) is 12.2. The van der Waals surface area contributed by atoms with Crippen LogP contribution in [0, 0.1) is 0 Å². The van der Waals surface area contributed by atoms with E-state index in [4.69, 9.17) is 4.42 Å². The second kappa shape index (κ2) is 6.73. The third-order valence-electron chi connectivity index (χ3n) is 3.56. The first-order valence-electron chi connectivity index (χ1n) is 7.11. The Morgan fingerprint density at radius 2 is 1.95 bits per heavy atom. The largest absolute Gasteiger partial charge is 0.466 e. The molecule has 0 aliphatic heterocycles. The van der Waals surface area contributed by atoms with Crippen molar-refractivity contribution in [1.82, 2.24) is 5.32 Å². The highest BCUT2D eigenvalue weighted by atomic mass is 16.4. The summed E-state index contributed by atoms with van der Waals surface area (Å²) in [6, 6.07) is 14.4. The Morgan fingerprint density at radius 1 is 1.20 bits per heavy atom. The summed E-state index contributed by atoms with van der Waals surface area (Å²) in [6.45, 7) is 4.39. The van der Waals surface area contributed by atoms with Crippen LogP contribution in [0.3, 0.4) is 0 Å². The fraction of sp³-hybridized carbons (Fsp3) is 0.412. The van der Waals surface area contributed by atoms with Crippen molar-refractivity contribution in [2.45, 2.75) is 38.3 Å². The predicted molar refractivity (Wildman–Crippen MR) is 80.5 cm³/mol. The Kier molecular flexibility index (Phi) is 4.99. The number of furan rings is 1. The quantitative estimate of drug-likeness (QED) is 0.815. The van der Waals surface area contributed by atoms with Gasteiger partial charge >= 0.3 is 0 Å². The molecule has 108 valence electrons. The Hall–Kier alpha value is -1.58. The minimum atomic E-state index is -0.968. The molecule has 0 bridgehead atoms. The van der Waals surface area contributed by atoms with Gasteiger partial charge in [0.15, 0.2) is 0 Å². The van der Waals surface area contributed by atoms with Gasteiger partial charge in [0.05, 0.1) is 6.26 Å². The van der Waals surface area contributed by atoms with E-state index in [1.807, 2.05) is 6.07 Å². The lowest BCUT2D eigenvalue weighted by Gasteiger charge is -2.24. The number of aryl methyl sites for hydroxylation is 1. The smallest absolute Gasteiger partial charge is 0.136 e. The molecule has 1 aromatic carbocycles. The fourth-order valence-corrected chi connectivity index (χ4v) is 2.18. The normalized spacial score (nSPS) is 15.8. The molecular weight excluding hydrogens is 250 g/mol. The van der Waals surface area contributed by atoms with E-state index in [1.54, 1.807) is 25.3 Å². The van der Waals surface area contributed by atoms with Gasteiger partial charge in [-0.2, -0.15) is 0 Å². The van der Waals surface area contributed by atoms with Crippen LogP contribution in [0.1, 0.15) is 31.6 Å². The van der Waals surface area contributed by atoms with E-state index < -0.39 is 5.60 Å². The second-order valence-electron chi connectivity index (χ2n) is 5.56. The van der Waals surface area contributed by atoms with Crippen molar-refractivity contribution in [1.29, 1.82) is 0 Å². The van der Waals surface area contributed by atoms with Crippen molar-refractivity contribution < 1.29 is 9.52 Å². The molecule has 2 rings (SSSR count). The van der Waals surface area contributed by atoms with Crippen LogP contribution in [0.5, 0.6) is 0 Å². The molecule has 0 aliphatic rings. The van der Waals surface area contributed by atoms with E-state index in [0.29, 0.717) is 18.3 Å².